The van der Waals surface area contributed by atoms with E-state index in [9.17, 15) is 19.2 Å². The van der Waals surface area contributed by atoms with Gasteiger partial charge in [0.1, 0.15) is 0 Å². The van der Waals surface area contributed by atoms with Crippen molar-refractivity contribution in [2.75, 3.05) is 66.0 Å². The number of amides is 3. The molecule has 1 N–H and O–H groups in total. The molecule has 218 valence electrons. The van der Waals surface area contributed by atoms with Gasteiger partial charge in [0.15, 0.2) is 0 Å². The molecule has 4 aliphatic rings. The van der Waals surface area contributed by atoms with Gasteiger partial charge in [-0.05, 0) is 49.4 Å². The van der Waals surface area contributed by atoms with Crippen molar-refractivity contribution in [3.63, 3.8) is 0 Å². The summed E-state index contributed by atoms with van der Waals surface area (Å²) in [5.41, 5.74) is 1.65. The monoisotopic (exact) mass is 552 g/mol. The Morgan fingerprint density at radius 1 is 0.795 bits per heavy atom. The predicted octanol–water partition coefficient (Wildman–Crippen LogP) is 1.77. The van der Waals surface area contributed by atoms with Gasteiger partial charge in [-0.2, -0.15) is 0 Å². The van der Waals surface area contributed by atoms with E-state index >= 15 is 0 Å². The number of hydrogen-bond donors (Lipinski definition) is 1. The van der Waals surface area contributed by atoms with Gasteiger partial charge in [0.2, 0.25) is 0 Å². The molecule has 0 aromatic carbocycles. The summed E-state index contributed by atoms with van der Waals surface area (Å²) < 4.78 is 26.9. The Kier molecular flexibility index (Phi) is 11.6. The van der Waals surface area contributed by atoms with Gasteiger partial charge in [0.25, 0.3) is 11.8 Å². The molecule has 0 aromatic heterocycles. The maximum Gasteiger partial charge on any atom is 0.407 e. The molecule has 3 amide bonds. The Morgan fingerprint density at radius 2 is 1.41 bits per heavy atom. The van der Waals surface area contributed by atoms with Gasteiger partial charge in [-0.25, -0.2) is 9.59 Å². The van der Waals surface area contributed by atoms with Crippen molar-refractivity contribution in [2.24, 2.45) is 23.7 Å². The normalized spacial score (nSPS) is 25.2. The SMILES string of the molecule is O=C(CCOCCOCCOCCOCCNC(=O)OC[C@@H]1[C@@H]2CCC3=CC3CC[C@@H]21)ON1C(=O)CCC1=O. The second kappa shape index (κ2) is 15.3. The second-order valence-corrected chi connectivity index (χ2v) is 10.2. The third kappa shape index (κ3) is 9.86. The van der Waals surface area contributed by atoms with Crippen molar-refractivity contribution in [2.45, 2.75) is 44.9 Å². The summed E-state index contributed by atoms with van der Waals surface area (Å²) in [5, 5.41) is 3.25. The third-order valence-electron chi connectivity index (χ3n) is 7.56. The van der Waals surface area contributed by atoms with Crippen molar-refractivity contribution in [3.05, 3.63) is 11.6 Å². The number of carbonyl (C=O) groups is 4. The highest BCUT2D eigenvalue weighted by Crippen LogP contribution is 2.57. The van der Waals surface area contributed by atoms with Crippen LogP contribution < -0.4 is 5.32 Å². The molecular weight excluding hydrogens is 512 g/mol. The molecule has 12 heteroatoms. The van der Waals surface area contributed by atoms with E-state index in [0.29, 0.717) is 63.8 Å². The molecule has 0 radical (unpaired) electrons. The van der Waals surface area contributed by atoms with E-state index in [4.69, 9.17) is 28.5 Å². The van der Waals surface area contributed by atoms with E-state index in [1.54, 1.807) is 5.57 Å². The van der Waals surface area contributed by atoms with E-state index in [1.807, 2.05) is 0 Å². The summed E-state index contributed by atoms with van der Waals surface area (Å²) in [5.74, 6) is 1.08. The summed E-state index contributed by atoms with van der Waals surface area (Å²) >= 11 is 0. The summed E-state index contributed by atoms with van der Waals surface area (Å²) in [7, 11) is 0. The average molecular weight is 553 g/mol. The zero-order valence-corrected chi connectivity index (χ0v) is 22.4. The molecule has 1 saturated heterocycles. The zero-order valence-electron chi connectivity index (χ0n) is 22.4. The minimum Gasteiger partial charge on any atom is -0.449 e. The Labute approximate surface area is 228 Å². The van der Waals surface area contributed by atoms with E-state index in [2.05, 4.69) is 11.4 Å². The second-order valence-electron chi connectivity index (χ2n) is 10.2. The Balaban J connectivity index is 0.854. The quantitative estimate of drug-likeness (QED) is 0.152. The molecule has 4 rings (SSSR count). The number of hydrogen-bond acceptors (Lipinski definition) is 10. The lowest BCUT2D eigenvalue weighted by Gasteiger charge is -2.12. The first kappa shape index (κ1) is 29.4. The van der Waals surface area contributed by atoms with Crippen LogP contribution in [0.4, 0.5) is 4.79 Å². The third-order valence-corrected chi connectivity index (χ3v) is 7.56. The molecule has 1 aliphatic heterocycles. The van der Waals surface area contributed by atoms with Gasteiger partial charge >= 0.3 is 12.1 Å². The van der Waals surface area contributed by atoms with E-state index in [1.165, 1.54) is 25.7 Å². The van der Waals surface area contributed by atoms with Gasteiger partial charge in [0, 0.05) is 19.4 Å². The predicted molar refractivity (Wildman–Crippen MR) is 135 cm³/mol. The summed E-state index contributed by atoms with van der Waals surface area (Å²) in [4.78, 5) is 51.0. The number of hydroxylamine groups is 2. The molecule has 0 spiro atoms. The lowest BCUT2D eigenvalue weighted by Crippen LogP contribution is -2.32. The van der Waals surface area contributed by atoms with Crippen molar-refractivity contribution in [3.8, 4) is 0 Å². The molecule has 0 bridgehead atoms. The molecule has 39 heavy (non-hydrogen) atoms. The van der Waals surface area contributed by atoms with Gasteiger partial charge in [-0.15, -0.1) is 5.06 Å². The van der Waals surface area contributed by atoms with Crippen LogP contribution in [0.2, 0.25) is 0 Å². The number of nitrogens with one attached hydrogen (secondary N) is 1. The average Bonchev–Trinajstić information content (AvgIpc) is 3.79. The van der Waals surface area contributed by atoms with Gasteiger partial charge < -0.3 is 33.8 Å². The van der Waals surface area contributed by atoms with Crippen molar-refractivity contribution in [1.29, 1.82) is 0 Å². The molecule has 2 saturated carbocycles. The number of fused-ring (bicyclic) bond motifs is 2. The minimum atomic E-state index is -0.697. The maximum atomic E-state index is 11.9. The molecule has 3 fully saturated rings. The van der Waals surface area contributed by atoms with Crippen LogP contribution in [0.3, 0.4) is 0 Å². The number of imide groups is 1. The van der Waals surface area contributed by atoms with E-state index in [0.717, 1.165) is 17.8 Å². The molecule has 1 unspecified atom stereocenters. The van der Waals surface area contributed by atoms with E-state index in [-0.39, 0.29) is 38.6 Å². The van der Waals surface area contributed by atoms with Crippen LogP contribution in [0, 0.1) is 23.7 Å². The Morgan fingerprint density at radius 3 is 2.10 bits per heavy atom. The smallest absolute Gasteiger partial charge is 0.407 e. The van der Waals surface area contributed by atoms with Crippen LogP contribution in [0.1, 0.15) is 44.9 Å². The topological polar surface area (TPSA) is 139 Å². The first-order valence-corrected chi connectivity index (χ1v) is 14.0. The van der Waals surface area contributed by atoms with Crippen molar-refractivity contribution in [1.82, 2.24) is 10.4 Å². The van der Waals surface area contributed by atoms with Crippen LogP contribution >= 0.6 is 0 Å². The van der Waals surface area contributed by atoms with Crippen LogP contribution in [-0.4, -0.2) is 94.9 Å². The number of carbonyl (C=O) groups excluding carboxylic acids is 4. The molecule has 12 nitrogen and oxygen atoms in total. The van der Waals surface area contributed by atoms with Crippen LogP contribution in [0.25, 0.3) is 0 Å². The molecular formula is C27H40N2O10. The fourth-order valence-electron chi connectivity index (χ4n) is 5.25. The highest BCUT2D eigenvalue weighted by Gasteiger charge is 2.51. The number of allylic oxidation sites excluding steroid dienone is 2. The maximum absolute atomic E-state index is 11.9. The summed E-state index contributed by atoms with van der Waals surface area (Å²) in [6.07, 6.45) is 7.10. The standard InChI is InChI=1S/C27H40N2O10/c30-24-5-6-25(31)29(24)39-26(32)7-9-34-11-13-36-15-16-37-14-12-35-10-8-28-27(33)38-18-23-21-3-1-19-17-20(19)2-4-22(21)23/h17,19,21-23H,1-16,18H2,(H,28,33)/t19?,21-,22+,23-/m0/s1. The van der Waals surface area contributed by atoms with Gasteiger partial charge in [-0.3, -0.25) is 9.59 Å². The van der Waals surface area contributed by atoms with Crippen LogP contribution in [-0.2, 0) is 42.9 Å². The van der Waals surface area contributed by atoms with Crippen molar-refractivity contribution >= 4 is 23.9 Å². The van der Waals surface area contributed by atoms with Gasteiger partial charge in [-0.1, -0.05) is 11.6 Å². The first-order chi connectivity index (χ1) is 19.0. The molecule has 0 aromatic rings. The number of nitrogens with zero attached hydrogens (tertiary/aromatic N) is 1. The Bertz CT molecular complexity index is 878. The first-order valence-electron chi connectivity index (χ1n) is 14.0. The van der Waals surface area contributed by atoms with Crippen LogP contribution in [0.5, 0.6) is 0 Å². The summed E-state index contributed by atoms with van der Waals surface area (Å²) in [6, 6.07) is 0. The minimum absolute atomic E-state index is 0.0619. The van der Waals surface area contributed by atoms with Gasteiger partial charge in [0.05, 0.1) is 65.9 Å². The number of ether oxygens (including phenoxy) is 5. The Hall–Kier alpha value is -2.54. The van der Waals surface area contributed by atoms with E-state index < -0.39 is 17.8 Å². The molecule has 4 atom stereocenters. The molecule has 3 aliphatic carbocycles. The van der Waals surface area contributed by atoms with Crippen LogP contribution in [0.15, 0.2) is 11.6 Å². The zero-order chi connectivity index (χ0) is 27.5. The lowest BCUT2D eigenvalue weighted by molar-refractivity contribution is -0.198. The number of rotatable bonds is 18. The highest BCUT2D eigenvalue weighted by atomic mass is 16.7. The number of alkyl carbamates (subject to hydrolysis) is 1. The fourth-order valence-corrected chi connectivity index (χ4v) is 5.25. The summed E-state index contributed by atoms with van der Waals surface area (Å²) in [6.45, 7) is 3.63. The van der Waals surface area contributed by atoms with Crippen molar-refractivity contribution < 1.29 is 47.7 Å². The largest absolute Gasteiger partial charge is 0.449 e. The molecule has 1 heterocycles. The fraction of sp³-hybridized carbons (Fsp3) is 0.778. The highest BCUT2D eigenvalue weighted by molar-refractivity contribution is 6.01. The lowest BCUT2D eigenvalue weighted by atomic mass is 10.0.